The molecule has 1 aromatic heterocycles. The monoisotopic (exact) mass is 239 g/mol. The van der Waals surface area contributed by atoms with Crippen molar-refractivity contribution in [3.8, 4) is 0 Å². The van der Waals surface area contributed by atoms with Crippen molar-refractivity contribution in [1.82, 2.24) is 4.90 Å². The molecule has 0 radical (unpaired) electrons. The number of carboxylic acid groups (broad SMARTS) is 1. The van der Waals surface area contributed by atoms with E-state index in [-0.39, 0.29) is 11.8 Å². The van der Waals surface area contributed by atoms with Crippen LogP contribution in [0.1, 0.15) is 11.3 Å². The summed E-state index contributed by atoms with van der Waals surface area (Å²) in [4.78, 5) is 25.3. The number of likely N-dealkylation sites (tertiary alicyclic amines) is 1. The standard InChI is InChI=1S/C11H13NO3S/c13-10(6-9-2-1-5-16-9)12-4-3-8(7-12)11(14)15/h1-2,5,8H,3-4,6-7H2,(H,14,15)/t8-/m1/s1. The van der Waals surface area contributed by atoms with Crippen molar-refractivity contribution in [3.63, 3.8) is 0 Å². The first-order valence-corrected chi connectivity index (χ1v) is 6.08. The SMILES string of the molecule is O=C(O)[C@@H]1CCN(C(=O)Cc2cccs2)C1. The molecule has 1 fully saturated rings. The molecule has 0 bridgehead atoms. The Kier molecular flexibility index (Phi) is 3.24. The van der Waals surface area contributed by atoms with Crippen LogP contribution in [0.3, 0.4) is 0 Å². The molecule has 2 rings (SSSR count). The predicted octanol–water partition coefficient (Wildman–Crippen LogP) is 1.22. The Balaban J connectivity index is 1.90. The fourth-order valence-electron chi connectivity index (χ4n) is 1.86. The highest BCUT2D eigenvalue weighted by atomic mass is 32.1. The summed E-state index contributed by atoms with van der Waals surface area (Å²) >= 11 is 1.55. The largest absolute Gasteiger partial charge is 0.481 e. The van der Waals surface area contributed by atoms with Crippen LogP contribution >= 0.6 is 11.3 Å². The van der Waals surface area contributed by atoms with Crippen molar-refractivity contribution in [2.75, 3.05) is 13.1 Å². The van der Waals surface area contributed by atoms with Gasteiger partial charge in [0.05, 0.1) is 12.3 Å². The molecule has 1 saturated heterocycles. The van der Waals surface area contributed by atoms with Gasteiger partial charge < -0.3 is 10.0 Å². The molecule has 1 amide bonds. The molecule has 0 spiro atoms. The van der Waals surface area contributed by atoms with E-state index in [1.165, 1.54) is 0 Å². The molecular formula is C11H13NO3S. The van der Waals surface area contributed by atoms with Gasteiger partial charge in [-0.15, -0.1) is 11.3 Å². The second-order valence-electron chi connectivity index (χ2n) is 3.92. The van der Waals surface area contributed by atoms with Gasteiger partial charge in [-0.1, -0.05) is 6.07 Å². The minimum atomic E-state index is -0.800. The van der Waals surface area contributed by atoms with E-state index in [1.807, 2.05) is 17.5 Å². The molecule has 0 aliphatic carbocycles. The molecule has 1 aliphatic rings. The molecule has 86 valence electrons. The Labute approximate surface area is 97.5 Å². The summed E-state index contributed by atoms with van der Waals surface area (Å²) in [5, 5.41) is 10.8. The lowest BCUT2D eigenvalue weighted by molar-refractivity contribution is -0.141. The number of nitrogens with zero attached hydrogens (tertiary/aromatic N) is 1. The Morgan fingerprint density at radius 1 is 1.56 bits per heavy atom. The van der Waals surface area contributed by atoms with Crippen LogP contribution < -0.4 is 0 Å². The summed E-state index contributed by atoms with van der Waals surface area (Å²) in [5.41, 5.74) is 0. The Morgan fingerprint density at radius 3 is 2.94 bits per heavy atom. The Hall–Kier alpha value is -1.36. The third-order valence-corrected chi connectivity index (χ3v) is 3.67. The fraction of sp³-hybridized carbons (Fsp3) is 0.455. The lowest BCUT2D eigenvalue weighted by atomic mass is 10.1. The molecule has 4 nitrogen and oxygen atoms in total. The third-order valence-electron chi connectivity index (χ3n) is 2.80. The maximum absolute atomic E-state index is 11.8. The van der Waals surface area contributed by atoms with Gasteiger partial charge in [0.25, 0.3) is 0 Å². The zero-order valence-corrected chi connectivity index (χ0v) is 9.57. The van der Waals surface area contributed by atoms with Gasteiger partial charge in [0.1, 0.15) is 0 Å². The van der Waals surface area contributed by atoms with Gasteiger partial charge in [0.15, 0.2) is 0 Å². The van der Waals surface area contributed by atoms with Crippen LogP contribution in [0.2, 0.25) is 0 Å². The fourth-order valence-corrected chi connectivity index (χ4v) is 2.56. The van der Waals surface area contributed by atoms with Crippen LogP contribution in [0.4, 0.5) is 0 Å². The minimum Gasteiger partial charge on any atom is -0.481 e. The molecule has 1 aromatic rings. The number of rotatable bonds is 3. The van der Waals surface area contributed by atoms with Gasteiger partial charge in [-0.05, 0) is 17.9 Å². The first-order chi connectivity index (χ1) is 7.66. The maximum atomic E-state index is 11.8. The highest BCUT2D eigenvalue weighted by molar-refractivity contribution is 7.10. The number of carboxylic acids is 1. The van der Waals surface area contributed by atoms with Gasteiger partial charge in [-0.25, -0.2) is 0 Å². The quantitative estimate of drug-likeness (QED) is 0.863. The first kappa shape index (κ1) is 11.1. The van der Waals surface area contributed by atoms with E-state index < -0.39 is 5.97 Å². The molecule has 0 saturated carbocycles. The average molecular weight is 239 g/mol. The molecule has 1 aliphatic heterocycles. The molecule has 0 unspecified atom stereocenters. The lowest BCUT2D eigenvalue weighted by Gasteiger charge is -2.14. The van der Waals surface area contributed by atoms with Crippen molar-refractivity contribution in [2.24, 2.45) is 5.92 Å². The van der Waals surface area contributed by atoms with E-state index in [4.69, 9.17) is 5.11 Å². The number of carbonyl (C=O) groups is 2. The summed E-state index contributed by atoms with van der Waals surface area (Å²) in [6, 6.07) is 3.84. The molecule has 2 heterocycles. The van der Waals surface area contributed by atoms with Crippen LogP contribution in [0, 0.1) is 5.92 Å². The van der Waals surface area contributed by atoms with Crippen molar-refractivity contribution in [2.45, 2.75) is 12.8 Å². The highest BCUT2D eigenvalue weighted by Gasteiger charge is 2.30. The molecule has 5 heteroatoms. The number of thiophene rings is 1. The number of amides is 1. The minimum absolute atomic E-state index is 0.0335. The van der Waals surface area contributed by atoms with Crippen LogP contribution in [-0.2, 0) is 16.0 Å². The molecule has 16 heavy (non-hydrogen) atoms. The van der Waals surface area contributed by atoms with E-state index in [1.54, 1.807) is 16.2 Å². The number of carbonyl (C=O) groups excluding carboxylic acids is 1. The number of aliphatic carboxylic acids is 1. The maximum Gasteiger partial charge on any atom is 0.308 e. The van der Waals surface area contributed by atoms with E-state index in [2.05, 4.69) is 0 Å². The van der Waals surface area contributed by atoms with Crippen molar-refractivity contribution in [1.29, 1.82) is 0 Å². The zero-order chi connectivity index (χ0) is 11.5. The summed E-state index contributed by atoms with van der Waals surface area (Å²) < 4.78 is 0. The van der Waals surface area contributed by atoms with Crippen LogP contribution in [-0.4, -0.2) is 35.0 Å². The molecule has 1 atom stereocenters. The Bertz CT molecular complexity index is 388. The second kappa shape index (κ2) is 4.65. The predicted molar refractivity (Wildman–Crippen MR) is 60.3 cm³/mol. The van der Waals surface area contributed by atoms with Gasteiger partial charge in [0.2, 0.25) is 5.91 Å². The van der Waals surface area contributed by atoms with Gasteiger partial charge in [-0.2, -0.15) is 0 Å². The van der Waals surface area contributed by atoms with Crippen LogP contribution in [0.15, 0.2) is 17.5 Å². The first-order valence-electron chi connectivity index (χ1n) is 5.20. The summed E-state index contributed by atoms with van der Waals surface area (Å²) in [6.07, 6.45) is 0.968. The molecule has 1 N–H and O–H groups in total. The van der Waals surface area contributed by atoms with E-state index >= 15 is 0 Å². The van der Waals surface area contributed by atoms with Crippen LogP contribution in [0.25, 0.3) is 0 Å². The van der Waals surface area contributed by atoms with E-state index in [0.29, 0.717) is 25.9 Å². The van der Waals surface area contributed by atoms with E-state index in [9.17, 15) is 9.59 Å². The van der Waals surface area contributed by atoms with Gasteiger partial charge in [-0.3, -0.25) is 9.59 Å². The second-order valence-corrected chi connectivity index (χ2v) is 4.95. The average Bonchev–Trinajstić information content (AvgIpc) is 2.86. The van der Waals surface area contributed by atoms with Crippen molar-refractivity contribution in [3.05, 3.63) is 22.4 Å². The summed E-state index contributed by atoms with van der Waals surface area (Å²) in [7, 11) is 0. The summed E-state index contributed by atoms with van der Waals surface area (Å²) in [5.74, 6) is -1.15. The summed E-state index contributed by atoms with van der Waals surface area (Å²) in [6.45, 7) is 0.931. The van der Waals surface area contributed by atoms with Crippen molar-refractivity contribution >= 4 is 23.2 Å². The normalized spacial score (nSPS) is 20.0. The highest BCUT2D eigenvalue weighted by Crippen LogP contribution is 2.18. The van der Waals surface area contributed by atoms with E-state index in [0.717, 1.165) is 4.88 Å². The van der Waals surface area contributed by atoms with Crippen molar-refractivity contribution < 1.29 is 14.7 Å². The molecular weight excluding hydrogens is 226 g/mol. The lowest BCUT2D eigenvalue weighted by Crippen LogP contribution is -2.30. The third kappa shape index (κ3) is 2.41. The zero-order valence-electron chi connectivity index (χ0n) is 8.76. The van der Waals surface area contributed by atoms with Crippen LogP contribution in [0.5, 0.6) is 0 Å². The van der Waals surface area contributed by atoms with Gasteiger partial charge in [0, 0.05) is 18.0 Å². The Morgan fingerprint density at radius 2 is 2.38 bits per heavy atom. The van der Waals surface area contributed by atoms with Gasteiger partial charge >= 0.3 is 5.97 Å². The smallest absolute Gasteiger partial charge is 0.308 e. The molecule has 0 aromatic carbocycles. The number of hydrogen-bond acceptors (Lipinski definition) is 3. The number of hydrogen-bond donors (Lipinski definition) is 1. The topological polar surface area (TPSA) is 57.6 Å².